The molecule has 1 N–H and O–H groups in total. The summed E-state index contributed by atoms with van der Waals surface area (Å²) in [5.41, 5.74) is 2.56. The number of nitrogens with one attached hydrogen (secondary N) is 1. The van der Waals surface area contributed by atoms with Gasteiger partial charge in [0, 0.05) is 12.1 Å². The minimum atomic E-state index is 0.0532. The van der Waals surface area contributed by atoms with E-state index in [-0.39, 0.29) is 11.3 Å². The van der Waals surface area contributed by atoms with Crippen LogP contribution in [0.4, 0.5) is 0 Å². The summed E-state index contributed by atoms with van der Waals surface area (Å²) in [7, 11) is 0. The van der Waals surface area contributed by atoms with Crippen LogP contribution >= 0.6 is 0 Å². The van der Waals surface area contributed by atoms with E-state index in [1.54, 1.807) is 6.08 Å². The van der Waals surface area contributed by atoms with Crippen molar-refractivity contribution in [2.75, 3.05) is 0 Å². The van der Waals surface area contributed by atoms with Crippen LogP contribution in [0.1, 0.15) is 57.6 Å². The topological polar surface area (TPSA) is 29.1 Å². The van der Waals surface area contributed by atoms with Gasteiger partial charge in [0.15, 0.2) is 0 Å². The van der Waals surface area contributed by atoms with Crippen LogP contribution in [0.2, 0.25) is 0 Å². The number of benzene rings is 1. The minimum absolute atomic E-state index is 0.0532. The van der Waals surface area contributed by atoms with Crippen molar-refractivity contribution in [1.82, 2.24) is 5.32 Å². The molecule has 0 aromatic heterocycles. The molecule has 2 nitrogen and oxygen atoms in total. The van der Waals surface area contributed by atoms with E-state index >= 15 is 0 Å². The number of carbonyl (C=O) groups is 1. The van der Waals surface area contributed by atoms with E-state index in [4.69, 9.17) is 0 Å². The van der Waals surface area contributed by atoms with Gasteiger partial charge in [0.25, 0.3) is 0 Å². The molecule has 22 heavy (non-hydrogen) atoms. The molecule has 2 heteroatoms. The second-order valence-electron chi connectivity index (χ2n) is 8.00. The van der Waals surface area contributed by atoms with Gasteiger partial charge < -0.3 is 5.32 Å². The first-order valence-corrected chi connectivity index (χ1v) is 8.51. The molecule has 1 amide bonds. The van der Waals surface area contributed by atoms with Crippen LogP contribution in [0.3, 0.4) is 0 Å². The first-order chi connectivity index (χ1) is 10.4. The van der Waals surface area contributed by atoms with E-state index < -0.39 is 0 Å². The molecule has 3 unspecified atom stereocenters. The van der Waals surface area contributed by atoms with Gasteiger partial charge in [0.05, 0.1) is 0 Å². The van der Waals surface area contributed by atoms with Gasteiger partial charge in [-0.3, -0.25) is 4.79 Å². The lowest BCUT2D eigenvalue weighted by Gasteiger charge is -2.22. The number of hydrogen-bond donors (Lipinski definition) is 1. The average molecular weight is 297 g/mol. The van der Waals surface area contributed by atoms with Crippen molar-refractivity contribution in [1.29, 1.82) is 0 Å². The van der Waals surface area contributed by atoms with Gasteiger partial charge in [0.1, 0.15) is 0 Å². The lowest BCUT2D eigenvalue weighted by molar-refractivity contribution is -0.117. The Balaban J connectivity index is 1.56. The summed E-state index contributed by atoms with van der Waals surface area (Å²) in [6.07, 6.45) is 8.76. The number of carbonyl (C=O) groups excluding carboxylic acids is 1. The summed E-state index contributed by atoms with van der Waals surface area (Å²) in [4.78, 5) is 12.1. The molecular weight excluding hydrogens is 270 g/mol. The Hall–Kier alpha value is -1.57. The van der Waals surface area contributed by atoms with Crippen LogP contribution in [0, 0.1) is 11.8 Å². The van der Waals surface area contributed by atoms with Gasteiger partial charge in [-0.25, -0.2) is 0 Å². The molecule has 3 atom stereocenters. The predicted molar refractivity (Wildman–Crippen MR) is 91.6 cm³/mol. The molecule has 0 spiro atoms. The monoisotopic (exact) mass is 297 g/mol. The Morgan fingerprint density at radius 1 is 1.14 bits per heavy atom. The van der Waals surface area contributed by atoms with Gasteiger partial charge in [0.2, 0.25) is 5.91 Å². The molecule has 0 heterocycles. The van der Waals surface area contributed by atoms with Gasteiger partial charge in [-0.1, -0.05) is 51.5 Å². The molecule has 2 aliphatic carbocycles. The van der Waals surface area contributed by atoms with Crippen LogP contribution in [-0.4, -0.2) is 11.9 Å². The highest BCUT2D eigenvalue weighted by Crippen LogP contribution is 2.44. The molecule has 1 aromatic rings. The molecule has 2 aliphatic rings. The second kappa shape index (κ2) is 5.91. The lowest BCUT2D eigenvalue weighted by Crippen LogP contribution is -2.37. The van der Waals surface area contributed by atoms with Crippen LogP contribution < -0.4 is 5.32 Å². The minimum Gasteiger partial charge on any atom is -0.350 e. The van der Waals surface area contributed by atoms with Crippen molar-refractivity contribution >= 4 is 12.0 Å². The van der Waals surface area contributed by atoms with Crippen molar-refractivity contribution in [2.24, 2.45) is 11.8 Å². The maximum atomic E-state index is 12.1. The summed E-state index contributed by atoms with van der Waals surface area (Å²) in [6.45, 7) is 6.63. The van der Waals surface area contributed by atoms with E-state index in [1.165, 1.54) is 31.2 Å². The zero-order chi connectivity index (χ0) is 15.7. The van der Waals surface area contributed by atoms with Crippen LogP contribution in [0.15, 0.2) is 30.3 Å². The van der Waals surface area contributed by atoms with Crippen LogP contribution in [0.25, 0.3) is 6.08 Å². The van der Waals surface area contributed by atoms with Crippen molar-refractivity contribution in [3.05, 3.63) is 41.5 Å². The van der Waals surface area contributed by atoms with Crippen molar-refractivity contribution in [3.8, 4) is 0 Å². The van der Waals surface area contributed by atoms with Gasteiger partial charge in [-0.05, 0) is 53.7 Å². The molecule has 3 rings (SSSR count). The third-order valence-corrected chi connectivity index (χ3v) is 5.27. The molecule has 0 aliphatic heterocycles. The van der Waals surface area contributed by atoms with Gasteiger partial charge >= 0.3 is 0 Å². The molecule has 1 aromatic carbocycles. The third kappa shape index (κ3) is 3.43. The molecular formula is C20H27NO. The molecule has 0 radical (unpaired) electrons. The fourth-order valence-electron chi connectivity index (χ4n) is 3.92. The van der Waals surface area contributed by atoms with Crippen molar-refractivity contribution < 1.29 is 4.79 Å². The van der Waals surface area contributed by atoms with E-state index in [9.17, 15) is 4.79 Å². The number of rotatable bonds is 3. The smallest absolute Gasteiger partial charge is 0.244 e. The number of amides is 1. The quantitative estimate of drug-likeness (QED) is 0.828. The zero-order valence-electron chi connectivity index (χ0n) is 13.9. The zero-order valence-corrected chi connectivity index (χ0v) is 13.9. The highest BCUT2D eigenvalue weighted by atomic mass is 16.1. The van der Waals surface area contributed by atoms with Crippen molar-refractivity contribution in [3.63, 3.8) is 0 Å². The Morgan fingerprint density at radius 3 is 2.41 bits per heavy atom. The second-order valence-corrected chi connectivity index (χ2v) is 8.00. The molecule has 2 bridgehead atoms. The Kier molecular flexibility index (Phi) is 4.12. The SMILES string of the molecule is CC(C)(C)c1ccc(C=CC(=O)NC2CC3CCC2C3)cc1. The fraction of sp³-hybridized carbons (Fsp3) is 0.550. The predicted octanol–water partition coefficient (Wildman–Crippen LogP) is 4.30. The summed E-state index contributed by atoms with van der Waals surface area (Å²) in [5, 5.41) is 3.19. The maximum absolute atomic E-state index is 12.1. The van der Waals surface area contributed by atoms with E-state index in [1.807, 2.05) is 6.08 Å². The van der Waals surface area contributed by atoms with Crippen LogP contribution in [0.5, 0.6) is 0 Å². The number of hydrogen-bond acceptors (Lipinski definition) is 1. The third-order valence-electron chi connectivity index (χ3n) is 5.27. The van der Waals surface area contributed by atoms with Gasteiger partial charge in [-0.15, -0.1) is 0 Å². The highest BCUT2D eigenvalue weighted by molar-refractivity contribution is 5.91. The highest BCUT2D eigenvalue weighted by Gasteiger charge is 2.39. The van der Waals surface area contributed by atoms with Crippen molar-refractivity contribution in [2.45, 2.75) is 57.9 Å². The van der Waals surface area contributed by atoms with E-state index in [0.717, 1.165) is 17.4 Å². The standard InChI is InChI=1S/C20H27NO/c1-20(2,3)17-9-5-14(6-10-17)7-11-19(22)21-18-13-15-4-8-16(18)12-15/h5-7,9-11,15-16,18H,4,8,12-13H2,1-3H3,(H,21,22). The normalized spacial score (nSPS) is 27.5. The summed E-state index contributed by atoms with van der Waals surface area (Å²) >= 11 is 0. The molecule has 0 saturated heterocycles. The van der Waals surface area contributed by atoms with E-state index in [0.29, 0.717) is 6.04 Å². The largest absolute Gasteiger partial charge is 0.350 e. The lowest BCUT2D eigenvalue weighted by atomic mass is 9.87. The maximum Gasteiger partial charge on any atom is 0.244 e. The summed E-state index contributed by atoms with van der Waals surface area (Å²) in [5.74, 6) is 1.65. The van der Waals surface area contributed by atoms with Gasteiger partial charge in [-0.2, -0.15) is 0 Å². The first kappa shape index (κ1) is 15.3. The van der Waals surface area contributed by atoms with E-state index in [2.05, 4.69) is 50.4 Å². The van der Waals surface area contributed by atoms with Crippen LogP contribution in [-0.2, 0) is 10.2 Å². The summed E-state index contributed by atoms with van der Waals surface area (Å²) in [6, 6.07) is 8.88. The fourth-order valence-corrected chi connectivity index (χ4v) is 3.92. The number of fused-ring (bicyclic) bond motifs is 2. The Morgan fingerprint density at radius 2 is 1.86 bits per heavy atom. The average Bonchev–Trinajstić information content (AvgIpc) is 3.07. The Labute approximate surface area is 134 Å². The molecule has 2 fully saturated rings. The summed E-state index contributed by atoms with van der Waals surface area (Å²) < 4.78 is 0. The first-order valence-electron chi connectivity index (χ1n) is 8.51. The molecule has 118 valence electrons. The molecule has 2 saturated carbocycles. The Bertz CT molecular complexity index is 564.